The van der Waals surface area contributed by atoms with Crippen molar-refractivity contribution in [3.05, 3.63) is 35.9 Å². The molecule has 19 heavy (non-hydrogen) atoms. The fourth-order valence-electron chi connectivity index (χ4n) is 2.91. The monoisotopic (exact) mass is 260 g/mol. The SMILES string of the molecule is O=C(NC[C@@H]1CN2CCC[C@@H]2CO1)c1ccccc1. The van der Waals surface area contributed by atoms with E-state index in [1.165, 1.54) is 19.4 Å². The summed E-state index contributed by atoms with van der Waals surface area (Å²) < 4.78 is 5.82. The van der Waals surface area contributed by atoms with Crippen LogP contribution in [0.4, 0.5) is 0 Å². The van der Waals surface area contributed by atoms with E-state index < -0.39 is 0 Å². The molecule has 102 valence electrons. The van der Waals surface area contributed by atoms with Gasteiger partial charge in [0.05, 0.1) is 12.7 Å². The molecule has 4 heteroatoms. The van der Waals surface area contributed by atoms with Gasteiger partial charge in [0.1, 0.15) is 0 Å². The summed E-state index contributed by atoms with van der Waals surface area (Å²) in [6, 6.07) is 9.93. The van der Waals surface area contributed by atoms with Gasteiger partial charge in [-0.25, -0.2) is 0 Å². The van der Waals surface area contributed by atoms with E-state index in [4.69, 9.17) is 4.74 Å². The molecule has 0 radical (unpaired) electrons. The molecule has 0 bridgehead atoms. The van der Waals surface area contributed by atoms with E-state index >= 15 is 0 Å². The van der Waals surface area contributed by atoms with Crippen molar-refractivity contribution in [2.24, 2.45) is 0 Å². The van der Waals surface area contributed by atoms with Gasteiger partial charge in [-0.2, -0.15) is 0 Å². The number of carbonyl (C=O) groups excluding carboxylic acids is 1. The van der Waals surface area contributed by atoms with Crippen molar-refractivity contribution in [2.45, 2.75) is 25.0 Å². The Bertz CT molecular complexity index is 435. The molecule has 3 rings (SSSR count). The smallest absolute Gasteiger partial charge is 0.251 e. The van der Waals surface area contributed by atoms with Crippen molar-refractivity contribution < 1.29 is 9.53 Å². The number of nitrogens with one attached hydrogen (secondary N) is 1. The molecule has 1 amide bonds. The molecule has 2 atom stereocenters. The molecule has 0 aliphatic carbocycles. The van der Waals surface area contributed by atoms with Crippen LogP contribution >= 0.6 is 0 Å². The molecule has 2 aliphatic rings. The van der Waals surface area contributed by atoms with Gasteiger partial charge in [0.15, 0.2) is 0 Å². The number of hydrogen-bond donors (Lipinski definition) is 1. The zero-order valence-corrected chi connectivity index (χ0v) is 11.0. The first-order chi connectivity index (χ1) is 9.33. The summed E-state index contributed by atoms with van der Waals surface area (Å²) in [6.07, 6.45) is 2.65. The van der Waals surface area contributed by atoms with E-state index in [0.717, 1.165) is 13.2 Å². The maximum absolute atomic E-state index is 11.9. The standard InChI is InChI=1S/C15H20N2O2/c18-15(12-5-2-1-3-6-12)16-9-14-10-17-8-4-7-13(17)11-19-14/h1-3,5-6,13-14H,4,7-11H2,(H,16,18)/t13-,14-/m1/s1. The van der Waals surface area contributed by atoms with Gasteiger partial charge in [-0.15, -0.1) is 0 Å². The minimum absolute atomic E-state index is 0.0206. The first-order valence-electron chi connectivity index (χ1n) is 7.02. The van der Waals surface area contributed by atoms with Crippen molar-refractivity contribution in [1.29, 1.82) is 0 Å². The molecule has 1 aromatic rings. The van der Waals surface area contributed by atoms with Crippen LogP contribution in [0.5, 0.6) is 0 Å². The van der Waals surface area contributed by atoms with Crippen LogP contribution in [0, 0.1) is 0 Å². The lowest BCUT2D eigenvalue weighted by Gasteiger charge is -2.35. The molecule has 4 nitrogen and oxygen atoms in total. The summed E-state index contributed by atoms with van der Waals surface area (Å²) in [5.74, 6) is -0.0206. The molecule has 1 N–H and O–H groups in total. The largest absolute Gasteiger partial charge is 0.373 e. The van der Waals surface area contributed by atoms with Gasteiger partial charge in [0.2, 0.25) is 0 Å². The zero-order valence-electron chi connectivity index (χ0n) is 11.0. The second-order valence-electron chi connectivity index (χ2n) is 5.32. The van der Waals surface area contributed by atoms with Gasteiger partial charge in [-0.05, 0) is 31.5 Å². The quantitative estimate of drug-likeness (QED) is 0.890. The maximum Gasteiger partial charge on any atom is 0.251 e. The molecular formula is C15H20N2O2. The first kappa shape index (κ1) is 12.6. The van der Waals surface area contributed by atoms with E-state index in [9.17, 15) is 4.79 Å². The van der Waals surface area contributed by atoms with Gasteiger partial charge in [0, 0.05) is 24.7 Å². The van der Waals surface area contributed by atoms with E-state index in [0.29, 0.717) is 18.2 Å². The summed E-state index contributed by atoms with van der Waals surface area (Å²) in [4.78, 5) is 14.4. The number of ether oxygens (including phenoxy) is 1. The normalized spacial score (nSPS) is 26.9. The van der Waals surface area contributed by atoms with Crippen LogP contribution in [-0.4, -0.2) is 49.2 Å². The number of amides is 1. The number of hydrogen-bond acceptors (Lipinski definition) is 3. The summed E-state index contributed by atoms with van der Waals surface area (Å²) in [7, 11) is 0. The third kappa shape index (κ3) is 2.96. The predicted octanol–water partition coefficient (Wildman–Crippen LogP) is 1.28. The minimum Gasteiger partial charge on any atom is -0.373 e. The fourth-order valence-corrected chi connectivity index (χ4v) is 2.91. The third-order valence-corrected chi connectivity index (χ3v) is 3.99. The molecule has 1 aromatic carbocycles. The topological polar surface area (TPSA) is 41.6 Å². The first-order valence-corrected chi connectivity index (χ1v) is 7.02. The molecule has 0 unspecified atom stereocenters. The Morgan fingerprint density at radius 3 is 3.05 bits per heavy atom. The van der Waals surface area contributed by atoms with Gasteiger partial charge >= 0.3 is 0 Å². The van der Waals surface area contributed by atoms with Crippen LogP contribution in [0.25, 0.3) is 0 Å². The second-order valence-corrected chi connectivity index (χ2v) is 5.32. The van der Waals surface area contributed by atoms with Gasteiger partial charge in [0.25, 0.3) is 5.91 Å². The number of nitrogens with zero attached hydrogens (tertiary/aromatic N) is 1. The Morgan fingerprint density at radius 2 is 2.21 bits per heavy atom. The highest BCUT2D eigenvalue weighted by molar-refractivity contribution is 5.94. The van der Waals surface area contributed by atoms with Crippen LogP contribution in [0.3, 0.4) is 0 Å². The van der Waals surface area contributed by atoms with Crippen molar-refractivity contribution in [1.82, 2.24) is 10.2 Å². The lowest BCUT2D eigenvalue weighted by molar-refractivity contribution is -0.0461. The van der Waals surface area contributed by atoms with Crippen molar-refractivity contribution >= 4 is 5.91 Å². The zero-order chi connectivity index (χ0) is 13.1. The molecular weight excluding hydrogens is 240 g/mol. The molecule has 0 aromatic heterocycles. The number of carbonyl (C=O) groups is 1. The molecule has 2 heterocycles. The lowest BCUT2D eigenvalue weighted by Crippen LogP contribution is -2.50. The third-order valence-electron chi connectivity index (χ3n) is 3.99. The Balaban J connectivity index is 1.49. The molecule has 0 saturated carbocycles. The Hall–Kier alpha value is -1.39. The Labute approximate surface area is 113 Å². The highest BCUT2D eigenvalue weighted by atomic mass is 16.5. The van der Waals surface area contributed by atoms with Crippen molar-refractivity contribution in [3.63, 3.8) is 0 Å². The lowest BCUT2D eigenvalue weighted by atomic mass is 10.2. The highest BCUT2D eigenvalue weighted by Crippen LogP contribution is 2.22. The summed E-state index contributed by atoms with van der Waals surface area (Å²) in [5, 5.41) is 2.96. The van der Waals surface area contributed by atoms with Crippen LogP contribution < -0.4 is 5.32 Å². The van der Waals surface area contributed by atoms with Crippen molar-refractivity contribution in [3.8, 4) is 0 Å². The van der Waals surface area contributed by atoms with Gasteiger partial charge < -0.3 is 10.1 Å². The van der Waals surface area contributed by atoms with E-state index in [-0.39, 0.29) is 12.0 Å². The summed E-state index contributed by atoms with van der Waals surface area (Å²) in [5.41, 5.74) is 0.706. The average Bonchev–Trinajstić information content (AvgIpc) is 2.93. The van der Waals surface area contributed by atoms with Gasteiger partial charge in [-0.3, -0.25) is 9.69 Å². The van der Waals surface area contributed by atoms with E-state index in [2.05, 4.69) is 10.2 Å². The number of rotatable bonds is 3. The average molecular weight is 260 g/mol. The minimum atomic E-state index is -0.0206. The van der Waals surface area contributed by atoms with Crippen LogP contribution in [-0.2, 0) is 4.74 Å². The van der Waals surface area contributed by atoms with E-state index in [1.807, 2.05) is 30.3 Å². The summed E-state index contributed by atoms with van der Waals surface area (Å²) in [6.45, 7) is 3.53. The van der Waals surface area contributed by atoms with E-state index in [1.54, 1.807) is 0 Å². The maximum atomic E-state index is 11.9. The molecule has 2 aliphatic heterocycles. The predicted molar refractivity (Wildman–Crippen MR) is 73.1 cm³/mol. The Kier molecular flexibility index (Phi) is 3.80. The van der Waals surface area contributed by atoms with Crippen LogP contribution in [0.15, 0.2) is 30.3 Å². The Morgan fingerprint density at radius 1 is 1.37 bits per heavy atom. The van der Waals surface area contributed by atoms with Crippen LogP contribution in [0.2, 0.25) is 0 Å². The number of morpholine rings is 1. The number of fused-ring (bicyclic) bond motifs is 1. The van der Waals surface area contributed by atoms with Crippen molar-refractivity contribution in [2.75, 3.05) is 26.2 Å². The van der Waals surface area contributed by atoms with Crippen LogP contribution in [0.1, 0.15) is 23.2 Å². The highest BCUT2D eigenvalue weighted by Gasteiger charge is 2.32. The molecule has 0 spiro atoms. The van der Waals surface area contributed by atoms with Gasteiger partial charge in [-0.1, -0.05) is 18.2 Å². The number of benzene rings is 1. The molecule has 2 fully saturated rings. The second kappa shape index (κ2) is 5.72. The molecule has 2 saturated heterocycles. The fraction of sp³-hybridized carbons (Fsp3) is 0.533. The summed E-state index contributed by atoms with van der Waals surface area (Å²) >= 11 is 0.